The van der Waals surface area contributed by atoms with Crippen molar-refractivity contribution in [2.75, 3.05) is 28.2 Å². The summed E-state index contributed by atoms with van der Waals surface area (Å²) >= 11 is 0. The van der Waals surface area contributed by atoms with E-state index in [4.69, 9.17) is 0 Å². The molecule has 1 saturated heterocycles. The number of hydrogen-bond donors (Lipinski definition) is 1. The van der Waals surface area contributed by atoms with Crippen LogP contribution in [0.3, 0.4) is 0 Å². The van der Waals surface area contributed by atoms with Crippen LogP contribution in [-0.2, 0) is 27.2 Å². The Labute approximate surface area is 163 Å². The molecule has 28 heavy (non-hydrogen) atoms. The summed E-state index contributed by atoms with van der Waals surface area (Å²) in [4.78, 5) is 41.1. The average Bonchev–Trinajstić information content (AvgIpc) is 3.32. The van der Waals surface area contributed by atoms with E-state index in [0.717, 1.165) is 24.9 Å². The Morgan fingerprint density at radius 3 is 2.75 bits per heavy atom. The molecule has 0 radical (unpaired) electrons. The molecule has 2 aliphatic heterocycles. The Morgan fingerprint density at radius 1 is 1.04 bits per heavy atom. The largest absolute Gasteiger partial charge is 0.323 e. The smallest absolute Gasteiger partial charge is 0.244 e. The van der Waals surface area contributed by atoms with E-state index in [2.05, 4.69) is 17.4 Å². The van der Waals surface area contributed by atoms with Crippen molar-refractivity contribution in [2.45, 2.75) is 25.7 Å². The highest BCUT2D eigenvalue weighted by molar-refractivity contribution is 6.12. The Bertz CT molecular complexity index is 1000. The molecule has 5 rings (SSSR count). The summed E-state index contributed by atoms with van der Waals surface area (Å²) < 4.78 is 0. The molecule has 142 valence electrons. The standard InChI is InChI=1S/C22H21N3O3/c26-20-13-25(19-7-2-1-6-18(19)23-20)22(28)16-11-21(27)24(12-16)17-9-8-14-4-3-5-15(14)10-17/h1-2,6-10,16H,3-5,11-13H2,(H,23,26). The lowest BCUT2D eigenvalue weighted by Crippen LogP contribution is -2.45. The molecular formula is C22H21N3O3. The summed E-state index contributed by atoms with van der Waals surface area (Å²) in [5, 5.41) is 2.79. The number of hydrogen-bond acceptors (Lipinski definition) is 3. The van der Waals surface area contributed by atoms with Gasteiger partial charge in [-0.25, -0.2) is 0 Å². The molecule has 1 atom stereocenters. The SMILES string of the molecule is O=C1CN(C(=O)C2CC(=O)N(c3ccc4c(c3)CCC4)C2)c2ccccc2N1. The zero-order valence-corrected chi connectivity index (χ0v) is 15.5. The number of benzene rings is 2. The quantitative estimate of drug-likeness (QED) is 0.877. The molecule has 2 heterocycles. The van der Waals surface area contributed by atoms with Gasteiger partial charge in [-0.3, -0.25) is 14.4 Å². The van der Waals surface area contributed by atoms with Crippen LogP contribution in [-0.4, -0.2) is 30.8 Å². The van der Waals surface area contributed by atoms with Gasteiger partial charge in [0.15, 0.2) is 0 Å². The Kier molecular flexibility index (Phi) is 3.93. The second kappa shape index (κ2) is 6.48. The van der Waals surface area contributed by atoms with Gasteiger partial charge < -0.3 is 15.1 Å². The minimum atomic E-state index is -0.445. The van der Waals surface area contributed by atoms with Gasteiger partial charge in [-0.15, -0.1) is 0 Å². The molecule has 0 spiro atoms. The number of rotatable bonds is 2. The number of nitrogens with zero attached hydrogens (tertiary/aromatic N) is 2. The maximum Gasteiger partial charge on any atom is 0.244 e. The van der Waals surface area contributed by atoms with Gasteiger partial charge in [0, 0.05) is 18.7 Å². The van der Waals surface area contributed by atoms with Gasteiger partial charge in [0.05, 0.1) is 17.3 Å². The molecule has 2 aromatic carbocycles. The van der Waals surface area contributed by atoms with Crippen LogP contribution in [0.4, 0.5) is 17.1 Å². The second-order valence-corrected chi connectivity index (χ2v) is 7.70. The van der Waals surface area contributed by atoms with Gasteiger partial charge in [0.2, 0.25) is 17.7 Å². The lowest BCUT2D eigenvalue weighted by Gasteiger charge is -2.30. The molecule has 6 nitrogen and oxygen atoms in total. The van der Waals surface area contributed by atoms with Gasteiger partial charge in [-0.05, 0) is 54.7 Å². The highest BCUT2D eigenvalue weighted by atomic mass is 16.2. The fourth-order valence-corrected chi connectivity index (χ4v) is 4.50. The van der Waals surface area contributed by atoms with E-state index < -0.39 is 5.92 Å². The molecule has 1 fully saturated rings. The van der Waals surface area contributed by atoms with Crippen LogP contribution >= 0.6 is 0 Å². The summed E-state index contributed by atoms with van der Waals surface area (Å²) in [5.74, 6) is -0.864. The Hall–Kier alpha value is -3.15. The maximum absolute atomic E-state index is 13.2. The van der Waals surface area contributed by atoms with E-state index in [1.165, 1.54) is 16.0 Å². The lowest BCUT2D eigenvalue weighted by molar-refractivity contribution is -0.125. The third-order valence-corrected chi connectivity index (χ3v) is 5.90. The van der Waals surface area contributed by atoms with E-state index in [-0.39, 0.29) is 30.7 Å². The summed E-state index contributed by atoms with van der Waals surface area (Å²) in [6.45, 7) is 0.343. The van der Waals surface area contributed by atoms with Crippen molar-refractivity contribution in [3.63, 3.8) is 0 Å². The molecule has 2 aromatic rings. The molecule has 0 aromatic heterocycles. The van der Waals surface area contributed by atoms with Gasteiger partial charge >= 0.3 is 0 Å². The van der Waals surface area contributed by atoms with Crippen LogP contribution in [0.1, 0.15) is 24.0 Å². The zero-order chi connectivity index (χ0) is 19.3. The first kappa shape index (κ1) is 17.0. The molecule has 1 aliphatic carbocycles. The van der Waals surface area contributed by atoms with Gasteiger partial charge in [0.1, 0.15) is 6.54 Å². The second-order valence-electron chi connectivity index (χ2n) is 7.70. The van der Waals surface area contributed by atoms with E-state index in [1.54, 1.807) is 11.0 Å². The first-order valence-electron chi connectivity index (χ1n) is 9.72. The molecular weight excluding hydrogens is 354 g/mol. The lowest BCUT2D eigenvalue weighted by atomic mass is 10.1. The monoisotopic (exact) mass is 375 g/mol. The van der Waals surface area contributed by atoms with Crippen LogP contribution < -0.4 is 15.1 Å². The molecule has 0 saturated carbocycles. The summed E-state index contributed by atoms with van der Waals surface area (Å²) in [5.41, 5.74) is 4.86. The van der Waals surface area contributed by atoms with Crippen molar-refractivity contribution in [3.8, 4) is 0 Å². The number of carbonyl (C=O) groups excluding carboxylic acids is 3. The molecule has 3 aliphatic rings. The minimum absolute atomic E-state index is 0.0145. The highest BCUT2D eigenvalue weighted by Crippen LogP contribution is 2.34. The van der Waals surface area contributed by atoms with Crippen LogP contribution in [0.15, 0.2) is 42.5 Å². The van der Waals surface area contributed by atoms with Crippen molar-refractivity contribution in [1.82, 2.24) is 0 Å². The van der Waals surface area contributed by atoms with Gasteiger partial charge in [-0.1, -0.05) is 18.2 Å². The molecule has 1 unspecified atom stereocenters. The van der Waals surface area contributed by atoms with E-state index in [9.17, 15) is 14.4 Å². The molecule has 1 N–H and O–H groups in total. The zero-order valence-electron chi connectivity index (χ0n) is 15.5. The summed E-state index contributed by atoms with van der Waals surface area (Å²) in [6.07, 6.45) is 3.48. The number of nitrogens with one attached hydrogen (secondary N) is 1. The number of aryl methyl sites for hydroxylation is 2. The van der Waals surface area contributed by atoms with E-state index >= 15 is 0 Å². The van der Waals surface area contributed by atoms with E-state index in [0.29, 0.717) is 17.9 Å². The predicted molar refractivity (Wildman–Crippen MR) is 106 cm³/mol. The predicted octanol–water partition coefficient (Wildman–Crippen LogP) is 2.51. The number of para-hydroxylation sites is 2. The third kappa shape index (κ3) is 2.76. The fraction of sp³-hybridized carbons (Fsp3) is 0.318. The van der Waals surface area contributed by atoms with Gasteiger partial charge in [0.25, 0.3) is 0 Å². The van der Waals surface area contributed by atoms with Crippen LogP contribution in [0.2, 0.25) is 0 Å². The van der Waals surface area contributed by atoms with Gasteiger partial charge in [-0.2, -0.15) is 0 Å². The number of anilines is 3. The van der Waals surface area contributed by atoms with Crippen molar-refractivity contribution in [2.24, 2.45) is 5.92 Å². The van der Waals surface area contributed by atoms with Crippen molar-refractivity contribution in [1.29, 1.82) is 0 Å². The molecule has 0 bridgehead atoms. The number of fused-ring (bicyclic) bond motifs is 2. The van der Waals surface area contributed by atoms with Crippen molar-refractivity contribution < 1.29 is 14.4 Å². The summed E-state index contributed by atoms with van der Waals surface area (Å²) in [6, 6.07) is 13.4. The fourth-order valence-electron chi connectivity index (χ4n) is 4.50. The van der Waals surface area contributed by atoms with Crippen LogP contribution in [0.25, 0.3) is 0 Å². The minimum Gasteiger partial charge on any atom is -0.323 e. The average molecular weight is 375 g/mol. The summed E-state index contributed by atoms with van der Waals surface area (Å²) in [7, 11) is 0. The maximum atomic E-state index is 13.2. The van der Waals surface area contributed by atoms with Crippen LogP contribution in [0.5, 0.6) is 0 Å². The number of amides is 3. The van der Waals surface area contributed by atoms with Crippen molar-refractivity contribution >= 4 is 34.8 Å². The Balaban J connectivity index is 1.39. The molecule has 6 heteroatoms. The third-order valence-electron chi connectivity index (χ3n) is 5.90. The first-order chi connectivity index (χ1) is 13.6. The highest BCUT2D eigenvalue weighted by Gasteiger charge is 2.39. The first-order valence-corrected chi connectivity index (χ1v) is 9.72. The molecule has 3 amide bonds. The van der Waals surface area contributed by atoms with E-state index in [1.807, 2.05) is 24.3 Å². The van der Waals surface area contributed by atoms with Crippen LogP contribution in [0, 0.1) is 5.92 Å². The van der Waals surface area contributed by atoms with Crippen molar-refractivity contribution in [3.05, 3.63) is 53.6 Å². The Morgan fingerprint density at radius 2 is 1.86 bits per heavy atom. The topological polar surface area (TPSA) is 69.7 Å². The normalized spacial score (nSPS) is 20.8. The number of carbonyl (C=O) groups is 3.